The highest BCUT2D eigenvalue weighted by Crippen LogP contribution is 2.52. The van der Waals surface area contributed by atoms with E-state index in [1.807, 2.05) is 13.0 Å². The van der Waals surface area contributed by atoms with Crippen LogP contribution in [0.2, 0.25) is 5.02 Å². The van der Waals surface area contributed by atoms with Crippen molar-refractivity contribution in [2.45, 2.75) is 82.1 Å². The zero-order valence-electron chi connectivity index (χ0n) is 24.7. The van der Waals surface area contributed by atoms with E-state index >= 15 is 4.39 Å². The van der Waals surface area contributed by atoms with Gasteiger partial charge in [0.25, 0.3) is 0 Å². The van der Waals surface area contributed by atoms with Crippen LogP contribution in [0.5, 0.6) is 6.01 Å². The van der Waals surface area contributed by atoms with E-state index in [0.29, 0.717) is 53.7 Å². The number of pyridine rings is 1. The van der Waals surface area contributed by atoms with Crippen LogP contribution in [0, 0.1) is 18.7 Å². The molecule has 1 saturated carbocycles. The molecular weight excluding hydrogens is 572 g/mol. The molecule has 4 saturated heterocycles. The van der Waals surface area contributed by atoms with Gasteiger partial charge in [-0.25, -0.2) is 13.8 Å². The van der Waals surface area contributed by atoms with Gasteiger partial charge in [0.05, 0.1) is 21.8 Å². The third-order valence-corrected chi connectivity index (χ3v) is 10.9. The summed E-state index contributed by atoms with van der Waals surface area (Å²) in [4.78, 5) is 18.6. The molecule has 11 heteroatoms. The zero-order valence-corrected chi connectivity index (χ0v) is 25.4. The smallest absolute Gasteiger partial charge is 0.319 e. The average molecular weight is 610 g/mol. The summed E-state index contributed by atoms with van der Waals surface area (Å²) in [5, 5.41) is 4.46. The summed E-state index contributed by atoms with van der Waals surface area (Å²) in [6.07, 6.45) is 4.65. The Hall–Kier alpha value is -2.82. The Balaban J connectivity index is 1.26. The number of hydrogen-bond donors (Lipinski definition) is 2. The number of nitrogens with two attached hydrogens (primary N) is 1. The lowest BCUT2D eigenvalue weighted by Crippen LogP contribution is -2.51. The predicted molar refractivity (Wildman–Crippen MR) is 164 cm³/mol. The van der Waals surface area contributed by atoms with Crippen LogP contribution in [0.25, 0.3) is 22.2 Å². The van der Waals surface area contributed by atoms with E-state index in [9.17, 15) is 4.39 Å². The van der Waals surface area contributed by atoms with Gasteiger partial charge in [-0.2, -0.15) is 9.97 Å². The first-order valence-electron chi connectivity index (χ1n) is 15.7. The molecule has 1 aliphatic carbocycles. The van der Waals surface area contributed by atoms with Crippen molar-refractivity contribution in [3.8, 4) is 17.3 Å². The molecule has 5 aliphatic rings. The number of hydrogen-bond acceptors (Lipinski definition) is 8. The van der Waals surface area contributed by atoms with Gasteiger partial charge >= 0.3 is 6.01 Å². The van der Waals surface area contributed by atoms with Crippen molar-refractivity contribution in [3.63, 3.8) is 0 Å². The highest BCUT2D eigenvalue weighted by Gasteiger charge is 2.49. The molecule has 4 aliphatic heterocycles. The number of nitrogen functional groups attached to an aromatic ring is 1. The SMILES string of the molecule is Cc1cc(N)nc(-c2c(Cl)cc3c(N4CC5CCC(C4)N5)nc(OC[C@@]45CCCN4C[C@H](F)C5)nc3c2F)c1C1CC1C. The van der Waals surface area contributed by atoms with Crippen molar-refractivity contribution < 1.29 is 13.5 Å². The highest BCUT2D eigenvalue weighted by atomic mass is 35.5. The van der Waals surface area contributed by atoms with E-state index in [2.05, 4.69) is 32.0 Å². The zero-order chi connectivity index (χ0) is 29.6. The minimum atomic E-state index is -0.868. The molecule has 8 rings (SSSR count). The summed E-state index contributed by atoms with van der Waals surface area (Å²) < 4.78 is 37.7. The minimum absolute atomic E-state index is 0.108. The van der Waals surface area contributed by atoms with Crippen molar-refractivity contribution in [2.24, 2.45) is 5.92 Å². The Kier molecular flexibility index (Phi) is 6.51. The maximum Gasteiger partial charge on any atom is 0.319 e. The number of piperazine rings is 1. The number of aromatic nitrogens is 3. The molecule has 0 spiro atoms. The second-order valence-electron chi connectivity index (χ2n) is 13.6. The highest BCUT2D eigenvalue weighted by molar-refractivity contribution is 6.34. The lowest BCUT2D eigenvalue weighted by Gasteiger charge is -2.34. The van der Waals surface area contributed by atoms with E-state index in [4.69, 9.17) is 27.1 Å². The van der Waals surface area contributed by atoms with Crippen molar-refractivity contribution >= 4 is 34.1 Å². The van der Waals surface area contributed by atoms with Gasteiger partial charge in [-0.1, -0.05) is 18.5 Å². The number of nitrogens with one attached hydrogen (secondary N) is 1. The molecule has 3 aromatic rings. The van der Waals surface area contributed by atoms with E-state index < -0.39 is 12.0 Å². The number of aryl methyl sites for hydroxylation is 1. The van der Waals surface area contributed by atoms with Crippen LogP contribution in [0.4, 0.5) is 20.4 Å². The maximum atomic E-state index is 16.9. The number of rotatable bonds is 6. The number of ether oxygens (including phenoxy) is 1. The number of fused-ring (bicyclic) bond motifs is 4. The lowest BCUT2D eigenvalue weighted by molar-refractivity contribution is 0.107. The van der Waals surface area contributed by atoms with Crippen LogP contribution in [0.1, 0.15) is 62.5 Å². The molecule has 8 nitrogen and oxygen atoms in total. The number of nitrogens with zero attached hydrogens (tertiary/aromatic N) is 5. The Labute approximate surface area is 255 Å². The van der Waals surface area contributed by atoms with Gasteiger partial charge in [-0.15, -0.1) is 0 Å². The van der Waals surface area contributed by atoms with Crippen LogP contribution >= 0.6 is 11.6 Å². The number of benzene rings is 1. The molecule has 0 radical (unpaired) electrons. The standard InChI is InChI=1S/C32H38ClF2N7O/c1-16-8-21(16)25-17(2)9-24(36)38-29(25)26-23(33)10-22-28(27(26)35)39-31(40-30(22)41-13-19-4-5-20(14-41)37-19)43-15-32-6-3-7-42(32)12-18(34)11-32/h9-10,16,18-21,37H,3-8,11-15H2,1-2H3,(H2,36,38)/t16?,18-,19?,20?,21?,32+/m1/s1. The topological polar surface area (TPSA) is 92.4 Å². The first-order valence-corrected chi connectivity index (χ1v) is 16.1. The molecule has 6 atom stereocenters. The monoisotopic (exact) mass is 609 g/mol. The van der Waals surface area contributed by atoms with Crippen molar-refractivity contribution in [1.29, 1.82) is 0 Å². The molecule has 3 N–H and O–H groups in total. The molecule has 5 fully saturated rings. The summed E-state index contributed by atoms with van der Waals surface area (Å²) in [6.45, 7) is 7.26. The molecule has 228 valence electrons. The number of alkyl halides is 1. The molecule has 2 bridgehead atoms. The van der Waals surface area contributed by atoms with Gasteiger partial charge in [0.15, 0.2) is 5.82 Å². The van der Waals surface area contributed by atoms with Gasteiger partial charge in [-0.3, -0.25) is 4.90 Å². The Morgan fingerprint density at radius 3 is 2.67 bits per heavy atom. The second kappa shape index (κ2) is 10.1. The summed E-state index contributed by atoms with van der Waals surface area (Å²) in [5.41, 5.74) is 8.66. The summed E-state index contributed by atoms with van der Waals surface area (Å²) in [7, 11) is 0. The third kappa shape index (κ3) is 4.63. The minimum Gasteiger partial charge on any atom is -0.461 e. The van der Waals surface area contributed by atoms with Crippen LogP contribution in [0.15, 0.2) is 12.1 Å². The molecule has 2 aromatic heterocycles. The van der Waals surface area contributed by atoms with Crippen molar-refractivity contribution in [3.05, 3.63) is 34.1 Å². The summed E-state index contributed by atoms with van der Waals surface area (Å²) in [5.74, 6) is 1.16. The Morgan fingerprint density at radius 2 is 1.93 bits per heavy atom. The Bertz CT molecular complexity index is 1610. The van der Waals surface area contributed by atoms with Gasteiger partial charge in [0, 0.05) is 43.5 Å². The third-order valence-electron chi connectivity index (χ3n) is 10.6. The van der Waals surface area contributed by atoms with Crippen molar-refractivity contribution in [1.82, 2.24) is 25.2 Å². The van der Waals surface area contributed by atoms with Crippen molar-refractivity contribution in [2.75, 3.05) is 43.4 Å². The fourth-order valence-electron chi connectivity index (χ4n) is 8.39. The van der Waals surface area contributed by atoms with Crippen LogP contribution in [0.3, 0.4) is 0 Å². The largest absolute Gasteiger partial charge is 0.461 e. The summed E-state index contributed by atoms with van der Waals surface area (Å²) >= 11 is 6.94. The molecule has 6 heterocycles. The fraction of sp³-hybridized carbons (Fsp3) is 0.594. The van der Waals surface area contributed by atoms with E-state index in [-0.39, 0.29) is 40.2 Å². The lowest BCUT2D eigenvalue weighted by atomic mass is 9.95. The van der Waals surface area contributed by atoms with Crippen LogP contribution < -0.4 is 20.7 Å². The molecule has 1 aromatic carbocycles. The molecule has 43 heavy (non-hydrogen) atoms. The van der Waals surface area contributed by atoms with E-state index in [0.717, 1.165) is 62.9 Å². The first-order chi connectivity index (χ1) is 20.7. The first kappa shape index (κ1) is 27.7. The van der Waals surface area contributed by atoms with Crippen LogP contribution in [-0.2, 0) is 0 Å². The second-order valence-corrected chi connectivity index (χ2v) is 14.0. The van der Waals surface area contributed by atoms with Gasteiger partial charge in [0.2, 0.25) is 0 Å². The molecular formula is C32H38ClF2N7O. The predicted octanol–water partition coefficient (Wildman–Crippen LogP) is 5.39. The van der Waals surface area contributed by atoms with Gasteiger partial charge < -0.3 is 20.7 Å². The Morgan fingerprint density at radius 1 is 1.16 bits per heavy atom. The van der Waals surface area contributed by atoms with E-state index in [1.165, 1.54) is 0 Å². The van der Waals surface area contributed by atoms with Gasteiger partial charge in [-0.05, 0) is 80.7 Å². The number of halogens is 3. The average Bonchev–Trinajstić information content (AvgIpc) is 3.23. The quantitative estimate of drug-likeness (QED) is 0.384. The maximum absolute atomic E-state index is 16.9. The van der Waals surface area contributed by atoms with E-state index in [1.54, 1.807) is 6.07 Å². The van der Waals surface area contributed by atoms with Crippen LogP contribution in [-0.4, -0.2) is 76.4 Å². The summed E-state index contributed by atoms with van der Waals surface area (Å²) in [6, 6.07) is 4.43. The fourth-order valence-corrected chi connectivity index (χ4v) is 8.67. The van der Waals surface area contributed by atoms with Gasteiger partial charge in [0.1, 0.15) is 29.9 Å². The normalized spacial score (nSPS) is 31.7. The molecule has 4 unspecified atom stereocenters. The molecule has 0 amide bonds. The number of anilines is 2.